The summed E-state index contributed by atoms with van der Waals surface area (Å²) >= 11 is 0. The summed E-state index contributed by atoms with van der Waals surface area (Å²) in [6.07, 6.45) is 0. The van der Waals surface area contributed by atoms with E-state index in [-0.39, 0.29) is 0 Å². The van der Waals surface area contributed by atoms with Gasteiger partial charge in [0.1, 0.15) is 0 Å². The van der Waals surface area contributed by atoms with Crippen molar-refractivity contribution in [1.29, 1.82) is 0 Å². The monoisotopic (exact) mass is 376 g/mol. The molecule has 0 aromatic rings. The zero-order valence-corrected chi connectivity index (χ0v) is 14.1. The van der Waals surface area contributed by atoms with Crippen LogP contribution in [-0.4, -0.2) is 55.4 Å². The van der Waals surface area contributed by atoms with Crippen LogP contribution in [0.4, 0.5) is 0 Å². The van der Waals surface area contributed by atoms with Crippen LogP contribution in [0.25, 0.3) is 0 Å². The van der Waals surface area contributed by atoms with Gasteiger partial charge in [-0.25, -0.2) is 11.6 Å². The third kappa shape index (κ3) is 7.01. The van der Waals surface area contributed by atoms with Gasteiger partial charge in [0.15, 0.2) is 0 Å². The van der Waals surface area contributed by atoms with Crippen molar-refractivity contribution >= 4 is 40.0 Å². The molecule has 0 aromatic carbocycles. The first-order valence-corrected chi connectivity index (χ1v) is 10.6. The molecule has 0 aromatic heterocycles. The van der Waals surface area contributed by atoms with Crippen molar-refractivity contribution in [3.05, 3.63) is 0 Å². The molecule has 0 N–H and O–H groups in total. The Morgan fingerprint density at radius 3 is 0.950 bits per heavy atom. The summed E-state index contributed by atoms with van der Waals surface area (Å²) in [5, 5.41) is 0. The lowest BCUT2D eigenvalue weighted by Gasteiger charge is -2.21. The van der Waals surface area contributed by atoms with E-state index in [1.807, 2.05) is 0 Å². The normalized spacial score (nSPS) is 14.4. The Balaban J connectivity index is 5.57. The van der Waals surface area contributed by atoms with Crippen LogP contribution in [0.2, 0.25) is 6.55 Å². The van der Waals surface area contributed by atoms with Crippen molar-refractivity contribution in [1.82, 2.24) is 0 Å². The third-order valence-electron chi connectivity index (χ3n) is 1.37. The van der Waals surface area contributed by atoms with E-state index < -0.39 is 40.0 Å². The molecule has 16 heteroatoms. The van der Waals surface area contributed by atoms with Gasteiger partial charge in [-0.05, 0) is 0 Å². The smallest absolute Gasteiger partial charge is 0.252 e. The highest BCUT2D eigenvalue weighted by molar-refractivity contribution is 7.86. The van der Waals surface area contributed by atoms with E-state index in [0.29, 0.717) is 27.9 Å². The highest BCUT2D eigenvalue weighted by Crippen LogP contribution is 2.20. The van der Waals surface area contributed by atoms with Crippen LogP contribution in [0.5, 0.6) is 0 Å². The van der Waals surface area contributed by atoms with Gasteiger partial charge in [0, 0.05) is 6.55 Å². The summed E-state index contributed by atoms with van der Waals surface area (Å²) in [5.41, 5.74) is 0. The largest absolute Gasteiger partial charge is 0.547 e. The molecule has 0 aliphatic rings. The Morgan fingerprint density at radius 2 is 0.800 bits per heavy atom. The van der Waals surface area contributed by atoms with Crippen molar-refractivity contribution in [3.63, 3.8) is 0 Å². The molecular weight excluding hydrogens is 364 g/mol. The van der Waals surface area contributed by atoms with Gasteiger partial charge in [-0.2, -0.15) is 25.3 Å². The predicted octanol–water partition coefficient (Wildman–Crippen LogP) is -1.72. The van der Waals surface area contributed by atoms with Crippen LogP contribution in [0.15, 0.2) is 0 Å². The van der Waals surface area contributed by atoms with E-state index in [1.165, 1.54) is 0 Å². The number of rotatable bonds is 9. The molecule has 0 atom stereocenters. The summed E-state index contributed by atoms with van der Waals surface area (Å²) < 4.78 is 90.9. The minimum Gasteiger partial charge on any atom is -0.252 e. The van der Waals surface area contributed by atoms with Crippen LogP contribution in [0, 0.1) is 0 Å². The fourth-order valence-corrected chi connectivity index (χ4v) is 7.05. The first-order chi connectivity index (χ1) is 8.80. The molecule has 0 unspecified atom stereocenters. The van der Waals surface area contributed by atoms with E-state index in [4.69, 9.17) is 0 Å². The summed E-state index contributed by atoms with van der Waals surface area (Å²) in [6.45, 7) is 0.650. The van der Waals surface area contributed by atoms with E-state index in [2.05, 4.69) is 24.2 Å². The predicted molar refractivity (Wildman–Crippen MR) is 62.7 cm³/mol. The van der Waals surface area contributed by atoms with Gasteiger partial charge in [-0.1, -0.05) is 0 Å². The summed E-state index contributed by atoms with van der Waals surface area (Å²) in [6, 6.07) is 0. The maximum Gasteiger partial charge on any atom is 0.547 e. The fraction of sp³-hybridized carbons (Fsp3) is 1.00. The maximum absolute atomic E-state index is 11.1. The Kier molecular flexibility index (Phi) is 6.67. The lowest BCUT2D eigenvalue weighted by atomic mass is 11.8. The second-order valence-electron chi connectivity index (χ2n) is 2.84. The molecular formula is C4H12O12S3Si. The van der Waals surface area contributed by atoms with Gasteiger partial charge in [-0.3, -0.25) is 12.5 Å². The van der Waals surface area contributed by atoms with Crippen molar-refractivity contribution in [2.45, 2.75) is 6.55 Å². The number of hydrogen-bond acceptors (Lipinski definition) is 12. The maximum atomic E-state index is 11.1. The van der Waals surface area contributed by atoms with Gasteiger partial charge < -0.3 is 0 Å². The van der Waals surface area contributed by atoms with E-state index in [1.54, 1.807) is 0 Å². The zero-order chi connectivity index (χ0) is 16.2. The second-order valence-corrected chi connectivity index (χ2v) is 10.0. The van der Waals surface area contributed by atoms with Gasteiger partial charge >= 0.3 is 40.0 Å². The Morgan fingerprint density at radius 1 is 0.600 bits per heavy atom. The Labute approximate surface area is 117 Å². The fourth-order valence-electron chi connectivity index (χ4n) is 0.700. The lowest BCUT2D eigenvalue weighted by molar-refractivity contribution is 0.210. The highest BCUT2D eigenvalue weighted by atomic mass is 32.3. The van der Waals surface area contributed by atoms with Crippen molar-refractivity contribution in [2.75, 3.05) is 21.3 Å². The Hall–Kier alpha value is -0.173. The van der Waals surface area contributed by atoms with E-state index in [0.717, 1.165) is 0 Å². The van der Waals surface area contributed by atoms with Crippen molar-refractivity contribution in [2.24, 2.45) is 0 Å². The standard InChI is InChI=1S/C4H12O12S3Si/c1-11-17(5,6)14-20(4,15-18(7,8)12-2)16-19(9,10)13-3/h1-4H3. The van der Waals surface area contributed by atoms with Crippen LogP contribution >= 0.6 is 0 Å². The molecule has 12 nitrogen and oxygen atoms in total. The molecule has 0 rings (SSSR count). The molecule has 0 heterocycles. The molecule has 0 radical (unpaired) electrons. The van der Waals surface area contributed by atoms with E-state index >= 15 is 0 Å². The number of hydrogen-bond donors (Lipinski definition) is 0. The molecule has 0 aliphatic heterocycles. The van der Waals surface area contributed by atoms with Crippen molar-refractivity contribution in [3.8, 4) is 0 Å². The molecule has 20 heavy (non-hydrogen) atoms. The second kappa shape index (κ2) is 6.73. The van der Waals surface area contributed by atoms with Crippen molar-refractivity contribution < 1.29 is 49.4 Å². The van der Waals surface area contributed by atoms with Crippen LogP contribution in [0.1, 0.15) is 0 Å². The molecule has 0 saturated heterocycles. The summed E-state index contributed by atoms with van der Waals surface area (Å²) in [4.78, 5) is 0. The topological polar surface area (TPSA) is 158 Å². The van der Waals surface area contributed by atoms with Gasteiger partial charge in [-0.15, -0.1) is 0 Å². The van der Waals surface area contributed by atoms with Gasteiger partial charge in [0.2, 0.25) is 0 Å². The van der Waals surface area contributed by atoms with Gasteiger partial charge in [0.05, 0.1) is 21.3 Å². The summed E-state index contributed by atoms with van der Waals surface area (Å²) in [5.74, 6) is 0. The molecule has 0 saturated carbocycles. The lowest BCUT2D eigenvalue weighted by Crippen LogP contribution is -2.47. The molecule has 0 spiro atoms. The SMILES string of the molecule is COS(=O)(=O)O[Si](C)(OS(=O)(=O)OC)OS(=O)(=O)OC. The zero-order valence-electron chi connectivity index (χ0n) is 10.6. The van der Waals surface area contributed by atoms with Crippen LogP contribution in [-0.2, 0) is 55.4 Å². The minimum absolute atomic E-state index is 0.650. The van der Waals surface area contributed by atoms with E-state index in [9.17, 15) is 25.3 Å². The first kappa shape index (κ1) is 19.8. The van der Waals surface area contributed by atoms with Gasteiger partial charge in [0.25, 0.3) is 0 Å². The first-order valence-electron chi connectivity index (χ1n) is 4.34. The summed E-state index contributed by atoms with van der Waals surface area (Å²) in [7, 11) is -17.1. The molecule has 0 bridgehead atoms. The molecule has 0 aliphatic carbocycles. The average molecular weight is 376 g/mol. The highest BCUT2D eigenvalue weighted by Gasteiger charge is 2.50. The van der Waals surface area contributed by atoms with Crippen LogP contribution in [0.3, 0.4) is 0 Å². The molecule has 0 amide bonds. The minimum atomic E-state index is -4.86. The molecule has 0 fully saturated rings. The molecule has 122 valence electrons. The average Bonchev–Trinajstić information content (AvgIpc) is 2.26. The third-order valence-corrected chi connectivity index (χ3v) is 8.68. The quantitative estimate of drug-likeness (QED) is 0.420. The van der Waals surface area contributed by atoms with Crippen LogP contribution < -0.4 is 0 Å². The Bertz CT molecular complexity index is 527.